The van der Waals surface area contributed by atoms with Crippen LogP contribution in [0.3, 0.4) is 0 Å². The van der Waals surface area contributed by atoms with Gasteiger partial charge in [0.2, 0.25) is 11.8 Å². The number of anilines is 2. The lowest BCUT2D eigenvalue weighted by molar-refractivity contribution is -0.119. The fraction of sp³-hybridized carbons (Fsp3) is 0.333. The standard InChI is InChI=1S/C21H25F2N3O2/c1-3-11-26(14-21(28)25-19-7-5-4-6-15(19)2)12-10-20(27)24-16-8-9-17(22)18(23)13-16/h4-9,13H,3,10-12,14H2,1-2H3,(H,24,27)(H,25,28). The Kier molecular flexibility index (Phi) is 8.07. The fourth-order valence-electron chi connectivity index (χ4n) is 2.75. The molecule has 0 atom stereocenters. The van der Waals surface area contributed by atoms with Gasteiger partial charge >= 0.3 is 0 Å². The molecule has 0 aliphatic heterocycles. The number of halogens is 2. The molecule has 0 saturated heterocycles. The van der Waals surface area contributed by atoms with Crippen LogP contribution in [0.15, 0.2) is 42.5 Å². The van der Waals surface area contributed by atoms with Crippen LogP contribution in [0.1, 0.15) is 25.3 Å². The van der Waals surface area contributed by atoms with Crippen molar-refractivity contribution in [1.82, 2.24) is 4.90 Å². The van der Waals surface area contributed by atoms with E-state index in [-0.39, 0.29) is 30.5 Å². The number of carbonyl (C=O) groups is 2. The first-order valence-corrected chi connectivity index (χ1v) is 9.21. The molecule has 0 spiro atoms. The molecule has 0 aliphatic carbocycles. The van der Waals surface area contributed by atoms with E-state index in [1.807, 2.05) is 43.0 Å². The van der Waals surface area contributed by atoms with Crippen molar-refractivity contribution in [3.63, 3.8) is 0 Å². The maximum atomic E-state index is 13.2. The molecule has 2 aromatic rings. The van der Waals surface area contributed by atoms with Crippen molar-refractivity contribution in [2.75, 3.05) is 30.3 Å². The molecule has 5 nitrogen and oxygen atoms in total. The Morgan fingerprint density at radius 2 is 1.71 bits per heavy atom. The van der Waals surface area contributed by atoms with E-state index in [0.29, 0.717) is 13.1 Å². The minimum Gasteiger partial charge on any atom is -0.326 e. The molecule has 7 heteroatoms. The fourth-order valence-corrected chi connectivity index (χ4v) is 2.75. The summed E-state index contributed by atoms with van der Waals surface area (Å²) in [5, 5.41) is 5.41. The summed E-state index contributed by atoms with van der Waals surface area (Å²) < 4.78 is 26.2. The lowest BCUT2D eigenvalue weighted by atomic mass is 10.2. The van der Waals surface area contributed by atoms with Gasteiger partial charge in [-0.1, -0.05) is 25.1 Å². The number of carbonyl (C=O) groups excluding carboxylic acids is 2. The Morgan fingerprint density at radius 3 is 2.39 bits per heavy atom. The molecule has 0 radical (unpaired) electrons. The van der Waals surface area contributed by atoms with Crippen molar-refractivity contribution < 1.29 is 18.4 Å². The largest absolute Gasteiger partial charge is 0.326 e. The maximum Gasteiger partial charge on any atom is 0.238 e. The normalized spacial score (nSPS) is 10.8. The van der Waals surface area contributed by atoms with E-state index < -0.39 is 11.6 Å². The molecule has 2 aromatic carbocycles. The minimum absolute atomic E-state index is 0.136. The summed E-state index contributed by atoms with van der Waals surface area (Å²) in [4.78, 5) is 26.3. The molecule has 28 heavy (non-hydrogen) atoms. The summed E-state index contributed by atoms with van der Waals surface area (Å²) >= 11 is 0. The Labute approximate surface area is 163 Å². The molecule has 0 aliphatic rings. The molecule has 0 bridgehead atoms. The number of benzene rings is 2. The third-order valence-corrected chi connectivity index (χ3v) is 4.18. The van der Waals surface area contributed by atoms with Crippen LogP contribution in [-0.2, 0) is 9.59 Å². The van der Waals surface area contributed by atoms with Crippen LogP contribution >= 0.6 is 0 Å². The smallest absolute Gasteiger partial charge is 0.238 e. The second-order valence-electron chi connectivity index (χ2n) is 6.57. The minimum atomic E-state index is -1.02. The van der Waals surface area contributed by atoms with Gasteiger partial charge in [0, 0.05) is 30.4 Å². The van der Waals surface area contributed by atoms with Gasteiger partial charge in [0.25, 0.3) is 0 Å². The lowest BCUT2D eigenvalue weighted by Gasteiger charge is -2.21. The van der Waals surface area contributed by atoms with E-state index in [1.54, 1.807) is 0 Å². The maximum absolute atomic E-state index is 13.2. The van der Waals surface area contributed by atoms with Crippen LogP contribution in [0.2, 0.25) is 0 Å². The van der Waals surface area contributed by atoms with Crippen molar-refractivity contribution in [3.8, 4) is 0 Å². The van der Waals surface area contributed by atoms with Gasteiger partial charge in [-0.3, -0.25) is 14.5 Å². The average molecular weight is 389 g/mol. The van der Waals surface area contributed by atoms with Crippen LogP contribution in [0.25, 0.3) is 0 Å². The van der Waals surface area contributed by atoms with Crippen LogP contribution in [0.4, 0.5) is 20.2 Å². The topological polar surface area (TPSA) is 61.4 Å². The van der Waals surface area contributed by atoms with E-state index in [4.69, 9.17) is 0 Å². The van der Waals surface area contributed by atoms with Gasteiger partial charge in [-0.25, -0.2) is 8.78 Å². The van der Waals surface area contributed by atoms with Gasteiger partial charge in [-0.2, -0.15) is 0 Å². The van der Waals surface area contributed by atoms with Crippen molar-refractivity contribution in [3.05, 3.63) is 59.7 Å². The van der Waals surface area contributed by atoms with Crippen LogP contribution < -0.4 is 10.6 Å². The first kappa shape index (κ1) is 21.5. The molecule has 150 valence electrons. The molecule has 0 fully saturated rings. The van der Waals surface area contributed by atoms with Gasteiger partial charge in [-0.15, -0.1) is 0 Å². The first-order chi connectivity index (χ1) is 13.4. The molecule has 0 heterocycles. The lowest BCUT2D eigenvalue weighted by Crippen LogP contribution is -2.36. The van der Waals surface area contributed by atoms with Gasteiger partial charge in [-0.05, 0) is 43.7 Å². The van der Waals surface area contributed by atoms with E-state index in [2.05, 4.69) is 10.6 Å². The molecular weight excluding hydrogens is 364 g/mol. The monoisotopic (exact) mass is 389 g/mol. The van der Waals surface area contributed by atoms with Crippen molar-refractivity contribution in [2.45, 2.75) is 26.7 Å². The van der Waals surface area contributed by atoms with Crippen molar-refractivity contribution in [2.24, 2.45) is 0 Å². The van der Waals surface area contributed by atoms with E-state index in [0.717, 1.165) is 29.8 Å². The molecule has 0 aromatic heterocycles. The molecule has 0 saturated carbocycles. The van der Waals surface area contributed by atoms with E-state index in [1.165, 1.54) is 6.07 Å². The number of hydrogen-bond donors (Lipinski definition) is 2. The molecule has 2 amide bonds. The Morgan fingerprint density at radius 1 is 0.964 bits per heavy atom. The summed E-state index contributed by atoms with van der Waals surface area (Å²) in [6.45, 7) is 5.13. The molecule has 0 unspecified atom stereocenters. The highest BCUT2D eigenvalue weighted by Crippen LogP contribution is 2.14. The summed E-state index contributed by atoms with van der Waals surface area (Å²) in [5.41, 5.74) is 1.94. The zero-order chi connectivity index (χ0) is 20.5. The highest BCUT2D eigenvalue weighted by Gasteiger charge is 2.13. The second kappa shape index (κ2) is 10.5. The van der Waals surface area contributed by atoms with E-state index in [9.17, 15) is 18.4 Å². The third-order valence-electron chi connectivity index (χ3n) is 4.18. The predicted octanol–water partition coefficient (Wildman–Crippen LogP) is 3.95. The quantitative estimate of drug-likeness (QED) is 0.683. The first-order valence-electron chi connectivity index (χ1n) is 9.21. The zero-order valence-electron chi connectivity index (χ0n) is 16.1. The second-order valence-corrected chi connectivity index (χ2v) is 6.57. The number of aryl methyl sites for hydroxylation is 1. The average Bonchev–Trinajstić information content (AvgIpc) is 2.65. The molecule has 2 N–H and O–H groups in total. The Hall–Kier alpha value is -2.80. The summed E-state index contributed by atoms with van der Waals surface area (Å²) in [6.07, 6.45) is 0.971. The van der Waals surface area contributed by atoms with Gasteiger partial charge < -0.3 is 10.6 Å². The number of amides is 2. The van der Waals surface area contributed by atoms with Crippen molar-refractivity contribution >= 4 is 23.2 Å². The Bertz CT molecular complexity index is 827. The number of hydrogen-bond acceptors (Lipinski definition) is 3. The third kappa shape index (κ3) is 6.74. The van der Waals surface area contributed by atoms with Crippen molar-refractivity contribution in [1.29, 1.82) is 0 Å². The Balaban J connectivity index is 1.85. The number of nitrogens with zero attached hydrogens (tertiary/aromatic N) is 1. The summed E-state index contributed by atoms with van der Waals surface area (Å²) in [7, 11) is 0. The van der Waals surface area contributed by atoms with Gasteiger partial charge in [0.15, 0.2) is 11.6 Å². The van der Waals surface area contributed by atoms with Gasteiger partial charge in [0.1, 0.15) is 0 Å². The predicted molar refractivity (Wildman–Crippen MR) is 106 cm³/mol. The number of rotatable bonds is 9. The SMILES string of the molecule is CCCN(CCC(=O)Nc1ccc(F)c(F)c1)CC(=O)Nc1ccccc1C. The summed E-state index contributed by atoms with van der Waals surface area (Å²) in [5.74, 6) is -2.46. The van der Waals surface area contributed by atoms with Crippen LogP contribution in [0.5, 0.6) is 0 Å². The van der Waals surface area contributed by atoms with Crippen LogP contribution in [-0.4, -0.2) is 36.3 Å². The van der Waals surface area contributed by atoms with Crippen LogP contribution in [0, 0.1) is 18.6 Å². The highest BCUT2D eigenvalue weighted by atomic mass is 19.2. The molecular formula is C21H25F2N3O2. The van der Waals surface area contributed by atoms with E-state index >= 15 is 0 Å². The zero-order valence-corrected chi connectivity index (χ0v) is 16.1. The molecule has 2 rings (SSSR count). The highest BCUT2D eigenvalue weighted by molar-refractivity contribution is 5.93. The van der Waals surface area contributed by atoms with Gasteiger partial charge in [0.05, 0.1) is 6.54 Å². The number of nitrogens with one attached hydrogen (secondary N) is 2. The summed E-state index contributed by atoms with van der Waals surface area (Å²) in [6, 6.07) is 10.7. The number of para-hydroxylation sites is 1.